The van der Waals surface area contributed by atoms with Gasteiger partial charge in [0, 0.05) is 13.6 Å². The Kier molecular flexibility index (Phi) is 3.19. The molecule has 0 aliphatic carbocycles. The number of nitrogens with zero attached hydrogens (tertiary/aromatic N) is 1. The van der Waals surface area contributed by atoms with Crippen LogP contribution in [0, 0.1) is 11.8 Å². The molecule has 1 rings (SSSR count). The van der Waals surface area contributed by atoms with Crippen LogP contribution in [0.25, 0.3) is 0 Å². The predicted molar refractivity (Wildman–Crippen MR) is 53.9 cm³/mol. The number of hydrogen-bond donors (Lipinski definition) is 0. The second-order valence-corrected chi connectivity index (χ2v) is 4.24. The first kappa shape index (κ1) is 9.63. The van der Waals surface area contributed by atoms with E-state index in [0.717, 1.165) is 11.8 Å². The van der Waals surface area contributed by atoms with E-state index in [1.54, 1.807) is 5.57 Å². The quantitative estimate of drug-likeness (QED) is 0.580. The molecular weight excluding hydrogens is 146 g/mol. The molecule has 0 amide bonds. The molecule has 70 valence electrons. The van der Waals surface area contributed by atoms with Crippen molar-refractivity contribution in [3.05, 3.63) is 11.8 Å². The number of hydrogen-bond acceptors (Lipinski definition) is 1. The molecule has 0 N–H and O–H groups in total. The highest BCUT2D eigenvalue weighted by molar-refractivity contribution is 5.06. The van der Waals surface area contributed by atoms with Gasteiger partial charge in [-0.05, 0) is 30.9 Å². The average molecular weight is 167 g/mol. The Hall–Kier alpha value is -0.460. The Morgan fingerprint density at radius 1 is 1.50 bits per heavy atom. The molecular formula is C11H21N. The lowest BCUT2D eigenvalue weighted by molar-refractivity contribution is 0.358. The molecule has 0 fully saturated rings. The molecule has 1 aliphatic rings. The van der Waals surface area contributed by atoms with Crippen LogP contribution in [0.1, 0.15) is 33.6 Å². The molecule has 1 heteroatoms. The van der Waals surface area contributed by atoms with E-state index in [1.807, 2.05) is 0 Å². The maximum atomic E-state index is 2.35. The minimum atomic E-state index is 0.787. The minimum absolute atomic E-state index is 0.787. The van der Waals surface area contributed by atoms with Crippen LogP contribution in [-0.4, -0.2) is 18.5 Å². The largest absolute Gasteiger partial charge is 0.380 e. The van der Waals surface area contributed by atoms with Gasteiger partial charge in [-0.25, -0.2) is 0 Å². The maximum absolute atomic E-state index is 2.35. The third-order valence-corrected chi connectivity index (χ3v) is 2.78. The minimum Gasteiger partial charge on any atom is -0.380 e. The zero-order chi connectivity index (χ0) is 9.14. The van der Waals surface area contributed by atoms with E-state index in [4.69, 9.17) is 0 Å². The van der Waals surface area contributed by atoms with Crippen molar-refractivity contribution < 1.29 is 0 Å². The summed E-state index contributed by atoms with van der Waals surface area (Å²) in [5.74, 6) is 1.63. The zero-order valence-electron chi connectivity index (χ0n) is 8.80. The van der Waals surface area contributed by atoms with Crippen molar-refractivity contribution in [2.45, 2.75) is 33.6 Å². The van der Waals surface area contributed by atoms with Crippen LogP contribution >= 0.6 is 0 Å². The fraction of sp³-hybridized carbons (Fsp3) is 0.818. The van der Waals surface area contributed by atoms with Crippen molar-refractivity contribution >= 4 is 0 Å². The molecule has 12 heavy (non-hydrogen) atoms. The lowest BCUT2D eigenvalue weighted by Gasteiger charge is -2.16. The van der Waals surface area contributed by atoms with Crippen LogP contribution in [0.5, 0.6) is 0 Å². The van der Waals surface area contributed by atoms with Crippen molar-refractivity contribution in [2.75, 3.05) is 13.6 Å². The molecule has 0 radical (unpaired) electrons. The van der Waals surface area contributed by atoms with Crippen LogP contribution in [0.4, 0.5) is 0 Å². The summed E-state index contributed by atoms with van der Waals surface area (Å²) in [6, 6.07) is 0. The van der Waals surface area contributed by atoms with Crippen molar-refractivity contribution in [3.63, 3.8) is 0 Å². The topological polar surface area (TPSA) is 3.24 Å². The Morgan fingerprint density at radius 2 is 2.17 bits per heavy atom. The molecule has 1 heterocycles. The summed E-state index contributed by atoms with van der Waals surface area (Å²) in [5, 5.41) is 0. The van der Waals surface area contributed by atoms with Gasteiger partial charge in [-0.15, -0.1) is 0 Å². The summed E-state index contributed by atoms with van der Waals surface area (Å²) in [6.07, 6.45) is 4.90. The second kappa shape index (κ2) is 3.97. The van der Waals surface area contributed by atoms with Crippen LogP contribution in [0.3, 0.4) is 0 Å². The predicted octanol–water partition coefficient (Wildman–Crippen LogP) is 2.89. The van der Waals surface area contributed by atoms with Crippen LogP contribution in [-0.2, 0) is 0 Å². The van der Waals surface area contributed by atoms with Gasteiger partial charge < -0.3 is 4.90 Å². The van der Waals surface area contributed by atoms with Gasteiger partial charge in [0.2, 0.25) is 0 Å². The van der Waals surface area contributed by atoms with Crippen LogP contribution in [0.15, 0.2) is 11.8 Å². The number of rotatable bonds is 1. The third kappa shape index (κ3) is 2.26. The van der Waals surface area contributed by atoms with Gasteiger partial charge >= 0.3 is 0 Å². The highest BCUT2D eigenvalue weighted by Gasteiger charge is 2.17. The first-order valence-corrected chi connectivity index (χ1v) is 5.04. The summed E-state index contributed by atoms with van der Waals surface area (Å²) in [7, 11) is 2.18. The standard InChI is InChI=1S/C11H21N/c1-5-11-8-12(4)7-9(2)6-10(11)3/h8-10H,5-7H2,1-4H3. The summed E-state index contributed by atoms with van der Waals surface area (Å²) in [6.45, 7) is 8.17. The molecule has 1 nitrogen and oxygen atoms in total. The molecule has 0 aromatic rings. The monoisotopic (exact) mass is 167 g/mol. The molecule has 0 spiro atoms. The van der Waals surface area contributed by atoms with Crippen LogP contribution in [0.2, 0.25) is 0 Å². The lowest BCUT2D eigenvalue weighted by Crippen LogP contribution is -2.17. The second-order valence-electron chi connectivity index (χ2n) is 4.24. The van der Waals surface area contributed by atoms with Gasteiger partial charge in [0.15, 0.2) is 0 Å². The molecule has 2 unspecified atom stereocenters. The summed E-state index contributed by atoms with van der Waals surface area (Å²) >= 11 is 0. The summed E-state index contributed by atoms with van der Waals surface area (Å²) < 4.78 is 0. The van der Waals surface area contributed by atoms with Gasteiger partial charge in [0.25, 0.3) is 0 Å². The summed E-state index contributed by atoms with van der Waals surface area (Å²) in [5.41, 5.74) is 1.61. The molecule has 0 saturated carbocycles. The van der Waals surface area contributed by atoms with E-state index < -0.39 is 0 Å². The first-order valence-electron chi connectivity index (χ1n) is 5.04. The van der Waals surface area contributed by atoms with Gasteiger partial charge in [-0.1, -0.05) is 26.3 Å². The first-order chi connectivity index (χ1) is 5.63. The Labute approximate surface area is 76.5 Å². The fourth-order valence-corrected chi connectivity index (χ4v) is 2.22. The normalized spacial score (nSPS) is 31.3. The Bertz CT molecular complexity index is 172. The molecule has 0 bridgehead atoms. The zero-order valence-corrected chi connectivity index (χ0v) is 8.80. The van der Waals surface area contributed by atoms with Crippen molar-refractivity contribution in [3.8, 4) is 0 Å². The van der Waals surface area contributed by atoms with E-state index in [0.29, 0.717) is 0 Å². The van der Waals surface area contributed by atoms with E-state index in [2.05, 4.69) is 38.9 Å². The average Bonchev–Trinajstić information content (AvgIpc) is 2.09. The van der Waals surface area contributed by atoms with Gasteiger partial charge in [0.05, 0.1) is 0 Å². The van der Waals surface area contributed by atoms with Crippen molar-refractivity contribution in [1.82, 2.24) is 4.90 Å². The van der Waals surface area contributed by atoms with E-state index in [9.17, 15) is 0 Å². The van der Waals surface area contributed by atoms with E-state index >= 15 is 0 Å². The third-order valence-electron chi connectivity index (χ3n) is 2.78. The molecule has 0 aromatic carbocycles. The lowest BCUT2D eigenvalue weighted by atomic mass is 9.91. The fourth-order valence-electron chi connectivity index (χ4n) is 2.22. The molecule has 0 aromatic heterocycles. The highest BCUT2D eigenvalue weighted by Crippen LogP contribution is 2.26. The Morgan fingerprint density at radius 3 is 2.75 bits per heavy atom. The molecule has 2 atom stereocenters. The van der Waals surface area contributed by atoms with Crippen molar-refractivity contribution in [1.29, 1.82) is 0 Å². The van der Waals surface area contributed by atoms with Gasteiger partial charge in [-0.2, -0.15) is 0 Å². The molecule has 1 aliphatic heterocycles. The highest BCUT2D eigenvalue weighted by atomic mass is 15.1. The van der Waals surface area contributed by atoms with E-state index in [-0.39, 0.29) is 0 Å². The smallest absolute Gasteiger partial charge is 0.0195 e. The van der Waals surface area contributed by atoms with E-state index in [1.165, 1.54) is 19.4 Å². The number of allylic oxidation sites excluding steroid dienone is 1. The van der Waals surface area contributed by atoms with Gasteiger partial charge in [0.1, 0.15) is 0 Å². The van der Waals surface area contributed by atoms with Gasteiger partial charge in [-0.3, -0.25) is 0 Å². The Balaban J connectivity index is 2.70. The maximum Gasteiger partial charge on any atom is 0.0195 e. The summed E-state index contributed by atoms with van der Waals surface area (Å²) in [4.78, 5) is 2.34. The SMILES string of the molecule is CCC1=CN(C)CC(C)CC1C. The van der Waals surface area contributed by atoms with Crippen LogP contribution < -0.4 is 0 Å². The molecule has 0 saturated heterocycles. The van der Waals surface area contributed by atoms with Crippen molar-refractivity contribution in [2.24, 2.45) is 11.8 Å².